The number of piperidine rings is 1. The highest BCUT2D eigenvalue weighted by Crippen LogP contribution is 2.39. The van der Waals surface area contributed by atoms with Crippen molar-refractivity contribution in [1.29, 1.82) is 0 Å². The number of carbonyl (C=O) groups excluding carboxylic acids is 12. The minimum Gasteiger partial charge on any atom is -0.371 e. The standard InChI is InChI=1S/C70H116Cl2N12O13/c1-16-44(4)59-66(94)78(11)41-56(87)76(9)42-57(88)80(13)51(37-46-26-19-17-20-27-46)64(92)77(10)40-54(85)73-49(30-29-47-36-48(71)58(72)53(38-47)97-69(6,7)8)63(91)84-35-25-28-50(84)62(90)75-70(31-21-22-32-70)68(96)82(15)60(43(2)3)67(95)81(14)52(65(93)83-33-23-18-24-34-83)39-55(86)79(12)45(5)61(89)74-59/h43-53,58-60H,16-42H2,1-15H3,(H,73,85)(H,74,89)(H,75,90)/t44-,45-,47?,48?,49-,50-,51-,52-,53?,58?,59-,60-/m0/s1. The topological polar surface area (TPSA) is 279 Å². The van der Waals surface area contributed by atoms with Crippen LogP contribution in [0.2, 0.25) is 0 Å². The van der Waals surface area contributed by atoms with E-state index in [1.807, 2.05) is 27.7 Å². The highest BCUT2D eigenvalue weighted by Gasteiger charge is 2.51. The van der Waals surface area contributed by atoms with E-state index < -0.39 is 179 Å². The summed E-state index contributed by atoms with van der Waals surface area (Å²) in [5, 5.41) is 7.95. The molecule has 3 aliphatic carbocycles. The van der Waals surface area contributed by atoms with Gasteiger partial charge in [-0.2, -0.15) is 0 Å². The minimum atomic E-state index is -1.50. The SMILES string of the molecule is CC[C@H](C)[C@@H]1NC(=O)[C@H](C)N(C)C(=O)C[C@@H](C(=O)N2CCCCC2)N(C)C(=O)[C@H](C(C)C)N(C)C(=O)C2(CCCC2)NC(=O)[C@@H]2CCCN2C(=O)[C@H](CCC2CC(Cl)C(Cl)C(OC(C)(C)C)C2)NC(=O)CN(C)C(=O)[C@H](CC2CCCCC2)N(C)C(=O)CN(C)C(=O)CN(C)C1=O. The van der Waals surface area contributed by atoms with Gasteiger partial charge in [0.2, 0.25) is 70.9 Å². The van der Waals surface area contributed by atoms with Gasteiger partial charge in [0, 0.05) is 69.0 Å². The number of carbonyl (C=O) groups is 12. The lowest BCUT2D eigenvalue weighted by atomic mass is 9.82. The van der Waals surface area contributed by atoms with Gasteiger partial charge in [0.1, 0.15) is 47.8 Å². The van der Waals surface area contributed by atoms with Crippen molar-refractivity contribution in [3.05, 3.63) is 0 Å². The average molecular weight is 1400 g/mol. The summed E-state index contributed by atoms with van der Waals surface area (Å²) in [5.74, 6) is -8.15. The summed E-state index contributed by atoms with van der Waals surface area (Å²) in [4.78, 5) is 189. The molecule has 0 aromatic rings. The molecule has 27 heteroatoms. The van der Waals surface area contributed by atoms with Crippen molar-refractivity contribution in [1.82, 2.24) is 60.0 Å². The minimum absolute atomic E-state index is 0.0772. The van der Waals surface area contributed by atoms with Crippen molar-refractivity contribution < 1.29 is 62.3 Å². The molecular weight excluding hydrogens is 1290 g/mol. The van der Waals surface area contributed by atoms with Crippen LogP contribution in [0.1, 0.15) is 190 Å². The lowest BCUT2D eigenvalue weighted by Crippen LogP contribution is -2.65. The van der Waals surface area contributed by atoms with E-state index in [9.17, 15) is 38.4 Å². The first-order valence-corrected chi connectivity index (χ1v) is 36.7. The largest absolute Gasteiger partial charge is 0.371 e. The molecule has 12 amide bonds. The Bertz CT molecular complexity index is 2810. The summed E-state index contributed by atoms with van der Waals surface area (Å²) in [6.45, 7) is 13.9. The Morgan fingerprint density at radius 2 is 1.23 bits per heavy atom. The second-order valence-electron chi connectivity index (χ2n) is 30.3. The fourth-order valence-electron chi connectivity index (χ4n) is 15.2. The quantitative estimate of drug-likeness (QED) is 0.249. The molecule has 6 aliphatic rings. The molecule has 3 saturated heterocycles. The maximum Gasteiger partial charge on any atom is 0.248 e. The number of likely N-dealkylation sites (tertiary alicyclic amines) is 1. The fourth-order valence-corrected chi connectivity index (χ4v) is 15.8. The van der Waals surface area contributed by atoms with E-state index in [1.54, 1.807) is 25.7 Å². The van der Waals surface area contributed by atoms with Crippen molar-refractivity contribution in [2.75, 3.05) is 88.6 Å². The van der Waals surface area contributed by atoms with Crippen molar-refractivity contribution in [3.8, 4) is 0 Å². The number of nitrogens with zero attached hydrogens (tertiary/aromatic N) is 9. The Morgan fingerprint density at radius 3 is 1.84 bits per heavy atom. The van der Waals surface area contributed by atoms with E-state index in [0.29, 0.717) is 70.9 Å². The molecular formula is C70H116Cl2N12O13. The van der Waals surface area contributed by atoms with Gasteiger partial charge in [-0.15, -0.1) is 23.2 Å². The Morgan fingerprint density at radius 1 is 0.619 bits per heavy atom. The molecule has 1 spiro atoms. The number of alkyl halides is 2. The van der Waals surface area contributed by atoms with Crippen LogP contribution >= 0.6 is 23.2 Å². The Kier molecular flexibility index (Phi) is 29.3. The van der Waals surface area contributed by atoms with E-state index >= 15 is 19.2 Å². The van der Waals surface area contributed by atoms with E-state index in [-0.39, 0.29) is 50.5 Å². The zero-order chi connectivity index (χ0) is 72.1. The maximum absolute atomic E-state index is 15.4. The molecule has 12 atom stereocenters. The summed E-state index contributed by atoms with van der Waals surface area (Å²) in [6, 6.07) is -8.27. The van der Waals surface area contributed by atoms with Gasteiger partial charge < -0.3 is 64.8 Å². The lowest BCUT2D eigenvalue weighted by Gasteiger charge is -2.42. The molecule has 0 bridgehead atoms. The predicted octanol–water partition coefficient (Wildman–Crippen LogP) is 4.76. The van der Waals surface area contributed by atoms with Crippen LogP contribution in [-0.2, 0) is 62.3 Å². The van der Waals surface area contributed by atoms with Crippen molar-refractivity contribution in [2.24, 2.45) is 23.7 Å². The third kappa shape index (κ3) is 20.7. The molecule has 6 fully saturated rings. The number of ether oxygens (including phenoxy) is 1. The van der Waals surface area contributed by atoms with Crippen LogP contribution in [0, 0.1) is 23.7 Å². The van der Waals surface area contributed by atoms with Gasteiger partial charge in [0.05, 0.1) is 48.5 Å². The first-order chi connectivity index (χ1) is 45.5. The van der Waals surface area contributed by atoms with Crippen LogP contribution in [0.15, 0.2) is 0 Å². The van der Waals surface area contributed by atoms with Gasteiger partial charge in [-0.3, -0.25) is 57.5 Å². The van der Waals surface area contributed by atoms with Gasteiger partial charge in [-0.1, -0.05) is 79.1 Å². The molecule has 97 heavy (non-hydrogen) atoms. The fraction of sp³-hybridized carbons (Fsp3) is 0.829. The maximum atomic E-state index is 15.4. The van der Waals surface area contributed by atoms with Gasteiger partial charge in [0.15, 0.2) is 0 Å². The molecule has 0 radical (unpaired) electrons. The van der Waals surface area contributed by atoms with E-state index in [2.05, 4.69) is 16.0 Å². The number of likely N-dealkylation sites (N-methyl/N-ethyl adjacent to an activating group) is 7. The van der Waals surface area contributed by atoms with Crippen LogP contribution in [0.25, 0.3) is 0 Å². The first-order valence-electron chi connectivity index (χ1n) is 35.8. The molecule has 3 N–H and O–H groups in total. The summed E-state index contributed by atoms with van der Waals surface area (Å²) in [7, 11) is 10.1. The predicted molar refractivity (Wildman–Crippen MR) is 369 cm³/mol. The molecule has 3 heterocycles. The van der Waals surface area contributed by atoms with E-state index in [4.69, 9.17) is 27.9 Å². The van der Waals surface area contributed by atoms with Crippen LogP contribution in [0.4, 0.5) is 0 Å². The zero-order valence-electron chi connectivity index (χ0n) is 60.8. The molecule has 4 unspecified atom stereocenters. The number of rotatable bonds is 10. The molecule has 0 aromatic heterocycles. The zero-order valence-corrected chi connectivity index (χ0v) is 62.3. The average Bonchev–Trinajstić information content (AvgIpc) is 1.67. The van der Waals surface area contributed by atoms with Crippen LogP contribution < -0.4 is 16.0 Å². The number of nitrogens with one attached hydrogen (secondary N) is 3. The molecule has 25 nitrogen and oxygen atoms in total. The Hall–Kier alpha value is -5.82. The number of hydrogen-bond acceptors (Lipinski definition) is 13. The number of amides is 12. The molecule has 548 valence electrons. The summed E-state index contributed by atoms with van der Waals surface area (Å²) in [5.41, 5.74) is -2.04. The smallest absolute Gasteiger partial charge is 0.248 e. The highest BCUT2D eigenvalue weighted by atomic mass is 35.5. The van der Waals surface area contributed by atoms with Crippen molar-refractivity contribution >= 4 is 94.1 Å². The first kappa shape index (κ1) is 80.2. The number of fused-ring (bicyclic) bond motifs is 1. The van der Waals surface area contributed by atoms with Crippen LogP contribution in [-0.4, -0.2) is 274 Å². The van der Waals surface area contributed by atoms with Crippen molar-refractivity contribution in [2.45, 2.75) is 261 Å². The lowest BCUT2D eigenvalue weighted by molar-refractivity contribution is -0.156. The second kappa shape index (κ2) is 35.5. The number of hydrogen-bond donors (Lipinski definition) is 3. The molecule has 0 aromatic carbocycles. The normalized spacial score (nSPS) is 30.3. The third-order valence-electron chi connectivity index (χ3n) is 21.5. The van der Waals surface area contributed by atoms with Gasteiger partial charge >= 0.3 is 0 Å². The second-order valence-corrected chi connectivity index (χ2v) is 31.4. The van der Waals surface area contributed by atoms with Crippen molar-refractivity contribution in [3.63, 3.8) is 0 Å². The Balaban J connectivity index is 1.39. The molecule has 3 aliphatic heterocycles. The highest BCUT2D eigenvalue weighted by molar-refractivity contribution is 6.30. The van der Waals surface area contributed by atoms with E-state index in [1.165, 1.54) is 80.8 Å². The van der Waals surface area contributed by atoms with Gasteiger partial charge in [-0.05, 0) is 128 Å². The Labute approximate surface area is 586 Å². The summed E-state index contributed by atoms with van der Waals surface area (Å²) >= 11 is 13.8. The molecule has 6 rings (SSSR count). The van der Waals surface area contributed by atoms with Crippen LogP contribution in [0.3, 0.4) is 0 Å². The van der Waals surface area contributed by atoms with Crippen LogP contribution in [0.5, 0.6) is 0 Å². The molecule has 3 saturated carbocycles. The van der Waals surface area contributed by atoms with Gasteiger partial charge in [-0.25, -0.2) is 0 Å². The van der Waals surface area contributed by atoms with E-state index in [0.717, 1.165) is 53.2 Å². The van der Waals surface area contributed by atoms with Gasteiger partial charge in [0.25, 0.3) is 0 Å². The third-order valence-corrected chi connectivity index (χ3v) is 22.7. The number of halogens is 2. The monoisotopic (exact) mass is 1400 g/mol. The summed E-state index contributed by atoms with van der Waals surface area (Å²) in [6.07, 6.45) is 10.4. The summed E-state index contributed by atoms with van der Waals surface area (Å²) < 4.78 is 6.39.